The third-order valence-corrected chi connectivity index (χ3v) is 4.84. The van der Waals surface area contributed by atoms with Crippen LogP contribution in [0.4, 0.5) is 0 Å². The second-order valence-corrected chi connectivity index (χ2v) is 6.43. The van der Waals surface area contributed by atoms with Gasteiger partial charge in [-0.15, -0.1) is 11.3 Å². The number of nitrogens with one attached hydrogen (secondary N) is 1. The van der Waals surface area contributed by atoms with Crippen molar-refractivity contribution in [3.05, 3.63) is 22.4 Å². The molecule has 116 valence electrons. The van der Waals surface area contributed by atoms with E-state index in [1.54, 1.807) is 18.4 Å². The third-order valence-electron chi connectivity index (χ3n) is 3.86. The predicted octanol–water partition coefficient (Wildman–Crippen LogP) is 1.48. The van der Waals surface area contributed by atoms with E-state index in [2.05, 4.69) is 27.7 Å². The van der Waals surface area contributed by atoms with E-state index in [1.807, 2.05) is 0 Å². The molecule has 1 saturated heterocycles. The summed E-state index contributed by atoms with van der Waals surface area (Å²) in [7, 11) is 1.64. The van der Waals surface area contributed by atoms with Crippen LogP contribution in [0.1, 0.15) is 30.7 Å². The molecule has 5 nitrogen and oxygen atoms in total. The van der Waals surface area contributed by atoms with E-state index in [-0.39, 0.29) is 24.4 Å². The van der Waals surface area contributed by atoms with Crippen molar-refractivity contribution in [3.8, 4) is 0 Å². The molecule has 2 heterocycles. The minimum atomic E-state index is -0.103. The Balaban J connectivity index is 1.90. The quantitative estimate of drug-likeness (QED) is 0.866. The average Bonchev–Trinajstić information content (AvgIpc) is 3.11. The lowest BCUT2D eigenvalue weighted by atomic mass is 10.2. The van der Waals surface area contributed by atoms with Gasteiger partial charge < -0.3 is 10.2 Å². The zero-order valence-electron chi connectivity index (χ0n) is 12.7. The van der Waals surface area contributed by atoms with E-state index < -0.39 is 0 Å². The van der Waals surface area contributed by atoms with Gasteiger partial charge in [-0.25, -0.2) is 0 Å². The molecule has 0 unspecified atom stereocenters. The molecule has 0 saturated carbocycles. The number of carbonyl (C=O) groups excluding carboxylic acids is 2. The summed E-state index contributed by atoms with van der Waals surface area (Å²) in [6.45, 7) is 4.36. The molecule has 1 fully saturated rings. The molecule has 1 aromatic rings. The van der Waals surface area contributed by atoms with Crippen LogP contribution in [-0.4, -0.2) is 54.8 Å². The first kappa shape index (κ1) is 16.0. The number of carbonyl (C=O) groups is 2. The van der Waals surface area contributed by atoms with Gasteiger partial charge in [0.2, 0.25) is 11.8 Å². The molecule has 2 rings (SSSR count). The van der Waals surface area contributed by atoms with Crippen LogP contribution in [0.3, 0.4) is 0 Å². The summed E-state index contributed by atoms with van der Waals surface area (Å²) >= 11 is 1.73. The van der Waals surface area contributed by atoms with Crippen molar-refractivity contribution in [2.45, 2.75) is 25.8 Å². The van der Waals surface area contributed by atoms with E-state index in [1.165, 1.54) is 29.5 Å². The van der Waals surface area contributed by atoms with E-state index in [0.29, 0.717) is 6.54 Å². The smallest absolute Gasteiger partial charge is 0.239 e. The van der Waals surface area contributed by atoms with E-state index in [0.717, 1.165) is 13.1 Å². The van der Waals surface area contributed by atoms with Crippen molar-refractivity contribution >= 4 is 23.2 Å². The number of hydrogen-bond acceptors (Lipinski definition) is 4. The maximum atomic E-state index is 11.9. The predicted molar refractivity (Wildman–Crippen MR) is 84.2 cm³/mol. The van der Waals surface area contributed by atoms with Gasteiger partial charge in [0.15, 0.2) is 0 Å². The topological polar surface area (TPSA) is 52.7 Å². The Labute approximate surface area is 129 Å². The van der Waals surface area contributed by atoms with Gasteiger partial charge in [0.05, 0.1) is 12.6 Å². The Kier molecular flexibility index (Phi) is 5.76. The molecule has 6 heteroatoms. The Hall–Kier alpha value is -1.40. The third kappa shape index (κ3) is 4.54. The Bertz CT molecular complexity index is 469. The van der Waals surface area contributed by atoms with Crippen LogP contribution in [-0.2, 0) is 9.59 Å². The second-order valence-electron chi connectivity index (χ2n) is 5.45. The van der Waals surface area contributed by atoms with Gasteiger partial charge >= 0.3 is 0 Å². The largest absolute Gasteiger partial charge is 0.353 e. The lowest BCUT2D eigenvalue weighted by Gasteiger charge is -2.27. The summed E-state index contributed by atoms with van der Waals surface area (Å²) in [4.78, 5) is 28.2. The van der Waals surface area contributed by atoms with Crippen LogP contribution in [0.2, 0.25) is 0 Å². The summed E-state index contributed by atoms with van der Waals surface area (Å²) in [5.41, 5.74) is 0. The molecule has 1 N–H and O–H groups in total. The molecule has 21 heavy (non-hydrogen) atoms. The summed E-state index contributed by atoms with van der Waals surface area (Å²) in [5, 5.41) is 5.04. The maximum absolute atomic E-state index is 11.9. The highest BCUT2D eigenvalue weighted by atomic mass is 32.1. The molecule has 0 radical (unpaired) electrons. The highest BCUT2D eigenvalue weighted by Crippen LogP contribution is 2.27. The minimum absolute atomic E-state index is 0.0977. The van der Waals surface area contributed by atoms with Crippen LogP contribution >= 0.6 is 11.3 Å². The van der Waals surface area contributed by atoms with Gasteiger partial charge in [0, 0.05) is 25.4 Å². The number of likely N-dealkylation sites (N-methyl/N-ethyl adjacent to an activating group) is 1. The van der Waals surface area contributed by atoms with Gasteiger partial charge in [0.1, 0.15) is 0 Å². The summed E-state index contributed by atoms with van der Waals surface area (Å²) in [6, 6.07) is 4.43. The Morgan fingerprint density at radius 1 is 1.43 bits per heavy atom. The molecule has 1 aliphatic heterocycles. The fourth-order valence-corrected chi connectivity index (χ4v) is 3.40. The van der Waals surface area contributed by atoms with E-state index >= 15 is 0 Å². The first-order chi connectivity index (χ1) is 10.1. The first-order valence-electron chi connectivity index (χ1n) is 7.34. The van der Waals surface area contributed by atoms with Crippen molar-refractivity contribution in [3.63, 3.8) is 0 Å². The molecule has 1 aromatic heterocycles. The van der Waals surface area contributed by atoms with Crippen molar-refractivity contribution in [1.29, 1.82) is 0 Å². The number of nitrogens with zero attached hydrogens (tertiary/aromatic N) is 2. The number of thiophene rings is 1. The Morgan fingerprint density at radius 2 is 2.14 bits per heavy atom. The molecule has 2 amide bonds. The summed E-state index contributed by atoms with van der Waals surface area (Å²) in [5.74, 6) is -0.201. The van der Waals surface area contributed by atoms with Crippen LogP contribution < -0.4 is 5.32 Å². The number of likely N-dealkylation sites (tertiary alicyclic amines) is 1. The minimum Gasteiger partial charge on any atom is -0.353 e. The molecule has 0 spiro atoms. The van der Waals surface area contributed by atoms with Gasteiger partial charge in [-0.2, -0.15) is 0 Å². The lowest BCUT2D eigenvalue weighted by Crippen LogP contribution is -2.41. The fourth-order valence-electron chi connectivity index (χ4n) is 2.54. The zero-order chi connectivity index (χ0) is 15.2. The van der Waals surface area contributed by atoms with E-state index in [4.69, 9.17) is 0 Å². The molecule has 1 atom stereocenters. The van der Waals surface area contributed by atoms with E-state index in [9.17, 15) is 9.59 Å². The molecule has 0 aliphatic carbocycles. The normalized spacial score (nSPS) is 16.7. The van der Waals surface area contributed by atoms with Gasteiger partial charge in [-0.05, 0) is 37.4 Å². The van der Waals surface area contributed by atoms with Gasteiger partial charge in [0.25, 0.3) is 0 Å². The highest BCUT2D eigenvalue weighted by molar-refractivity contribution is 7.10. The Morgan fingerprint density at radius 3 is 2.71 bits per heavy atom. The molecule has 0 bridgehead atoms. The summed E-state index contributed by atoms with van der Waals surface area (Å²) in [6.07, 6.45) is 2.45. The van der Waals surface area contributed by atoms with Gasteiger partial charge in [-0.1, -0.05) is 6.07 Å². The van der Waals surface area contributed by atoms with Crippen molar-refractivity contribution in [2.24, 2.45) is 0 Å². The van der Waals surface area contributed by atoms with Crippen LogP contribution in [0.25, 0.3) is 0 Å². The standard InChI is InChI=1S/C15H23N3O2S/c1-12(19)17(2)11-15(20)16-10-13(14-6-5-9-21-14)18-7-3-4-8-18/h5-6,9,13H,3-4,7-8,10-11H2,1-2H3,(H,16,20)/t13-/m0/s1. The van der Waals surface area contributed by atoms with Crippen LogP contribution in [0, 0.1) is 0 Å². The molecular weight excluding hydrogens is 286 g/mol. The number of rotatable bonds is 6. The highest BCUT2D eigenvalue weighted by Gasteiger charge is 2.24. The second kappa shape index (κ2) is 7.56. The average molecular weight is 309 g/mol. The van der Waals surface area contributed by atoms with Crippen LogP contribution in [0.5, 0.6) is 0 Å². The zero-order valence-corrected chi connectivity index (χ0v) is 13.5. The molecule has 1 aliphatic rings. The number of hydrogen-bond donors (Lipinski definition) is 1. The van der Waals surface area contributed by atoms with Crippen LogP contribution in [0.15, 0.2) is 17.5 Å². The monoisotopic (exact) mass is 309 g/mol. The van der Waals surface area contributed by atoms with Crippen molar-refractivity contribution in [2.75, 3.05) is 33.2 Å². The molecule has 0 aromatic carbocycles. The first-order valence-corrected chi connectivity index (χ1v) is 8.21. The number of amides is 2. The SMILES string of the molecule is CC(=O)N(C)CC(=O)NC[C@@H](c1cccs1)N1CCCC1. The summed E-state index contributed by atoms with van der Waals surface area (Å²) < 4.78 is 0. The lowest BCUT2D eigenvalue weighted by molar-refractivity contribution is -0.133. The maximum Gasteiger partial charge on any atom is 0.239 e. The molecular formula is C15H23N3O2S. The van der Waals surface area contributed by atoms with Gasteiger partial charge in [-0.3, -0.25) is 14.5 Å². The fraction of sp³-hybridized carbons (Fsp3) is 0.600. The van der Waals surface area contributed by atoms with Crippen molar-refractivity contribution < 1.29 is 9.59 Å². The van der Waals surface area contributed by atoms with Crippen molar-refractivity contribution in [1.82, 2.24) is 15.1 Å².